The molecule has 1 aliphatic rings. The molecule has 104 valence electrons. The minimum atomic E-state index is -0.204. The number of fused-ring (bicyclic) bond motifs is 1. The molecular formula is C15H18N4O. The van der Waals surface area contributed by atoms with Crippen LogP contribution in [-0.2, 0) is 17.8 Å². The van der Waals surface area contributed by atoms with E-state index in [1.807, 2.05) is 41.5 Å². The number of aromatic nitrogens is 3. The predicted octanol–water partition coefficient (Wildman–Crippen LogP) is 1.73. The smallest absolute Gasteiger partial charge is 0.245 e. The minimum Gasteiger partial charge on any atom is -0.333 e. The van der Waals surface area contributed by atoms with E-state index in [9.17, 15) is 4.79 Å². The summed E-state index contributed by atoms with van der Waals surface area (Å²) in [4.78, 5) is 14.3. The van der Waals surface area contributed by atoms with Gasteiger partial charge in [-0.1, -0.05) is 30.3 Å². The third-order valence-corrected chi connectivity index (χ3v) is 3.84. The van der Waals surface area contributed by atoms with Crippen LogP contribution in [0.1, 0.15) is 30.2 Å². The van der Waals surface area contributed by atoms with Crippen molar-refractivity contribution in [3.8, 4) is 0 Å². The SMILES string of the molecule is Cc1nnc2n1[C@@H](C)C(=O)N(CCc1ccccc1)C2. The Kier molecular flexibility index (Phi) is 3.26. The lowest BCUT2D eigenvalue weighted by Crippen LogP contribution is -2.42. The highest BCUT2D eigenvalue weighted by molar-refractivity contribution is 5.81. The molecule has 1 aromatic heterocycles. The van der Waals surface area contributed by atoms with E-state index in [4.69, 9.17) is 0 Å². The lowest BCUT2D eigenvalue weighted by atomic mass is 10.1. The van der Waals surface area contributed by atoms with E-state index in [0.717, 1.165) is 24.6 Å². The van der Waals surface area contributed by atoms with Crippen molar-refractivity contribution in [2.24, 2.45) is 0 Å². The second-order valence-electron chi connectivity index (χ2n) is 5.20. The number of nitrogens with zero attached hydrogens (tertiary/aromatic N) is 4. The number of benzene rings is 1. The summed E-state index contributed by atoms with van der Waals surface area (Å²) in [5.41, 5.74) is 1.25. The number of amides is 1. The highest BCUT2D eigenvalue weighted by Gasteiger charge is 2.31. The number of carbonyl (C=O) groups excluding carboxylic acids is 1. The van der Waals surface area contributed by atoms with Crippen LogP contribution < -0.4 is 0 Å². The molecule has 0 fully saturated rings. The first-order valence-corrected chi connectivity index (χ1v) is 6.90. The maximum Gasteiger partial charge on any atom is 0.245 e. The molecule has 2 heterocycles. The molecule has 0 unspecified atom stereocenters. The van der Waals surface area contributed by atoms with Gasteiger partial charge in [-0.05, 0) is 25.8 Å². The third kappa shape index (κ3) is 2.19. The van der Waals surface area contributed by atoms with Crippen molar-refractivity contribution in [1.82, 2.24) is 19.7 Å². The normalized spacial score (nSPS) is 18.2. The maximum absolute atomic E-state index is 12.4. The van der Waals surface area contributed by atoms with Crippen LogP contribution in [0.3, 0.4) is 0 Å². The first-order valence-electron chi connectivity index (χ1n) is 6.90. The summed E-state index contributed by atoms with van der Waals surface area (Å²) in [7, 11) is 0. The van der Waals surface area contributed by atoms with Crippen LogP contribution in [0.5, 0.6) is 0 Å². The van der Waals surface area contributed by atoms with Gasteiger partial charge in [0, 0.05) is 6.54 Å². The molecule has 1 aromatic carbocycles. The van der Waals surface area contributed by atoms with Gasteiger partial charge in [-0.3, -0.25) is 4.79 Å². The van der Waals surface area contributed by atoms with Gasteiger partial charge in [0.15, 0.2) is 5.82 Å². The van der Waals surface area contributed by atoms with Gasteiger partial charge in [0.05, 0.1) is 6.54 Å². The van der Waals surface area contributed by atoms with Gasteiger partial charge >= 0.3 is 0 Å². The Morgan fingerprint density at radius 2 is 2.00 bits per heavy atom. The molecule has 20 heavy (non-hydrogen) atoms. The number of hydrogen-bond acceptors (Lipinski definition) is 3. The fourth-order valence-electron chi connectivity index (χ4n) is 2.75. The molecule has 0 saturated carbocycles. The van der Waals surface area contributed by atoms with Gasteiger partial charge in [0.2, 0.25) is 5.91 Å². The summed E-state index contributed by atoms with van der Waals surface area (Å²) in [6, 6.07) is 10.0. The molecule has 5 nitrogen and oxygen atoms in total. The monoisotopic (exact) mass is 270 g/mol. The molecule has 5 heteroatoms. The van der Waals surface area contributed by atoms with Gasteiger partial charge in [-0.15, -0.1) is 10.2 Å². The second kappa shape index (κ2) is 5.07. The van der Waals surface area contributed by atoms with Gasteiger partial charge in [0.1, 0.15) is 11.9 Å². The fourth-order valence-corrected chi connectivity index (χ4v) is 2.75. The van der Waals surface area contributed by atoms with E-state index >= 15 is 0 Å². The first-order chi connectivity index (χ1) is 9.66. The molecule has 3 rings (SSSR count). The van der Waals surface area contributed by atoms with Crippen LogP contribution in [0.4, 0.5) is 0 Å². The van der Waals surface area contributed by atoms with E-state index in [2.05, 4.69) is 22.3 Å². The van der Waals surface area contributed by atoms with E-state index < -0.39 is 0 Å². The third-order valence-electron chi connectivity index (χ3n) is 3.84. The standard InChI is InChI=1S/C15H18N4O/c1-11-15(20)18(9-8-13-6-4-3-5-7-13)10-14-17-16-12(2)19(11)14/h3-7,11H,8-10H2,1-2H3/t11-/m0/s1. The molecule has 0 spiro atoms. The molecule has 1 atom stereocenters. The molecule has 0 saturated heterocycles. The summed E-state index contributed by atoms with van der Waals surface area (Å²) >= 11 is 0. The van der Waals surface area contributed by atoms with Gasteiger partial charge in [-0.25, -0.2) is 0 Å². The lowest BCUT2D eigenvalue weighted by Gasteiger charge is -2.31. The zero-order chi connectivity index (χ0) is 14.1. The zero-order valence-electron chi connectivity index (χ0n) is 11.8. The molecule has 0 radical (unpaired) electrons. The maximum atomic E-state index is 12.4. The van der Waals surface area contributed by atoms with Gasteiger partial charge < -0.3 is 9.47 Å². The fraction of sp³-hybridized carbons (Fsp3) is 0.400. The summed E-state index contributed by atoms with van der Waals surface area (Å²) in [5, 5.41) is 8.24. The van der Waals surface area contributed by atoms with Crippen LogP contribution >= 0.6 is 0 Å². The van der Waals surface area contributed by atoms with Gasteiger partial charge in [0.25, 0.3) is 0 Å². The van der Waals surface area contributed by atoms with E-state index in [0.29, 0.717) is 6.54 Å². The molecule has 0 N–H and O–H groups in total. The Morgan fingerprint density at radius 1 is 1.25 bits per heavy atom. The van der Waals surface area contributed by atoms with Crippen molar-refractivity contribution in [3.63, 3.8) is 0 Å². The lowest BCUT2D eigenvalue weighted by molar-refractivity contribution is -0.137. The Labute approximate surface area is 118 Å². The average molecular weight is 270 g/mol. The number of aryl methyl sites for hydroxylation is 1. The summed E-state index contributed by atoms with van der Waals surface area (Å²) in [5.74, 6) is 1.84. The van der Waals surface area contributed by atoms with Crippen LogP contribution in [0.25, 0.3) is 0 Å². The van der Waals surface area contributed by atoms with E-state index in [1.54, 1.807) is 0 Å². The van der Waals surface area contributed by atoms with Gasteiger partial charge in [-0.2, -0.15) is 0 Å². The summed E-state index contributed by atoms with van der Waals surface area (Å²) < 4.78 is 1.93. The van der Waals surface area contributed by atoms with E-state index in [1.165, 1.54) is 5.56 Å². The zero-order valence-corrected chi connectivity index (χ0v) is 11.8. The predicted molar refractivity (Wildman–Crippen MR) is 75.0 cm³/mol. The van der Waals surface area contributed by atoms with Crippen molar-refractivity contribution in [2.45, 2.75) is 32.9 Å². The van der Waals surface area contributed by atoms with Crippen molar-refractivity contribution < 1.29 is 4.79 Å². The Bertz CT molecular complexity index is 620. The molecule has 1 amide bonds. The van der Waals surface area contributed by atoms with Crippen LogP contribution in [-0.4, -0.2) is 32.1 Å². The van der Waals surface area contributed by atoms with Crippen molar-refractivity contribution in [3.05, 3.63) is 47.5 Å². The largest absolute Gasteiger partial charge is 0.333 e. The highest BCUT2D eigenvalue weighted by atomic mass is 16.2. The van der Waals surface area contributed by atoms with Crippen LogP contribution in [0.2, 0.25) is 0 Å². The molecular weight excluding hydrogens is 252 g/mol. The second-order valence-corrected chi connectivity index (χ2v) is 5.20. The Balaban J connectivity index is 1.74. The Hall–Kier alpha value is -2.17. The molecule has 0 aliphatic carbocycles. The molecule has 1 aliphatic heterocycles. The van der Waals surface area contributed by atoms with Crippen molar-refractivity contribution in [1.29, 1.82) is 0 Å². The van der Waals surface area contributed by atoms with Crippen LogP contribution in [0.15, 0.2) is 30.3 Å². The molecule has 2 aromatic rings. The minimum absolute atomic E-state index is 0.149. The summed E-state index contributed by atoms with van der Waals surface area (Å²) in [6.07, 6.45) is 0.867. The first kappa shape index (κ1) is 12.8. The summed E-state index contributed by atoms with van der Waals surface area (Å²) in [6.45, 7) is 5.08. The average Bonchev–Trinajstić information content (AvgIpc) is 2.84. The highest BCUT2D eigenvalue weighted by Crippen LogP contribution is 2.22. The Morgan fingerprint density at radius 3 is 2.75 bits per heavy atom. The number of carbonyl (C=O) groups is 1. The van der Waals surface area contributed by atoms with Crippen LogP contribution in [0, 0.1) is 6.92 Å². The van der Waals surface area contributed by atoms with Crippen molar-refractivity contribution >= 4 is 5.91 Å². The van der Waals surface area contributed by atoms with Crippen molar-refractivity contribution in [2.75, 3.05) is 6.54 Å². The molecule has 0 bridgehead atoms. The quantitative estimate of drug-likeness (QED) is 0.853. The number of rotatable bonds is 3. The number of hydrogen-bond donors (Lipinski definition) is 0. The van der Waals surface area contributed by atoms with E-state index in [-0.39, 0.29) is 11.9 Å². The topological polar surface area (TPSA) is 51.0 Å².